The molecule has 1 aromatic carbocycles. The topological polar surface area (TPSA) is 95.5 Å². The summed E-state index contributed by atoms with van der Waals surface area (Å²) in [5, 5.41) is 11.3. The molecule has 0 bridgehead atoms. The van der Waals surface area contributed by atoms with Gasteiger partial charge in [-0.2, -0.15) is 0 Å². The first-order valence-electron chi connectivity index (χ1n) is 7.02. The number of hydrogen-bond donors (Lipinski definition) is 3. The van der Waals surface area contributed by atoms with E-state index in [0.29, 0.717) is 31.0 Å². The molecule has 0 heterocycles. The van der Waals surface area contributed by atoms with E-state index < -0.39 is 10.0 Å². The summed E-state index contributed by atoms with van der Waals surface area (Å²) >= 11 is 0. The van der Waals surface area contributed by atoms with E-state index in [1.165, 1.54) is 12.1 Å². The molecule has 0 aliphatic heterocycles. The van der Waals surface area contributed by atoms with Gasteiger partial charge in [-0.1, -0.05) is 6.07 Å². The molecule has 2 rings (SSSR count). The summed E-state index contributed by atoms with van der Waals surface area (Å²) in [5.41, 5.74) is 0.294. The number of amides is 1. The zero-order valence-electron chi connectivity index (χ0n) is 11.7. The lowest BCUT2D eigenvalue weighted by molar-refractivity contribution is 0.0951. The summed E-state index contributed by atoms with van der Waals surface area (Å²) in [6, 6.07) is 5.95. The summed E-state index contributed by atoms with van der Waals surface area (Å²) in [6.07, 6.45) is 2.60. The second-order valence-electron chi connectivity index (χ2n) is 5.16. The van der Waals surface area contributed by atoms with E-state index in [2.05, 4.69) is 10.0 Å². The average molecular weight is 312 g/mol. The van der Waals surface area contributed by atoms with Gasteiger partial charge < -0.3 is 10.4 Å². The van der Waals surface area contributed by atoms with Gasteiger partial charge in [0.05, 0.1) is 4.90 Å². The summed E-state index contributed by atoms with van der Waals surface area (Å²) in [6.45, 7) is 0.807. The molecule has 0 unspecified atom stereocenters. The highest BCUT2D eigenvalue weighted by Gasteiger charge is 2.24. The van der Waals surface area contributed by atoms with Crippen molar-refractivity contribution in [3.05, 3.63) is 29.8 Å². The van der Waals surface area contributed by atoms with E-state index in [-0.39, 0.29) is 17.4 Å². The van der Waals surface area contributed by atoms with Crippen LogP contribution in [0.15, 0.2) is 29.2 Å². The number of hydrogen-bond acceptors (Lipinski definition) is 4. The largest absolute Gasteiger partial charge is 0.396 e. The number of rotatable bonds is 8. The third kappa shape index (κ3) is 4.80. The van der Waals surface area contributed by atoms with Crippen molar-refractivity contribution in [1.82, 2.24) is 10.0 Å². The molecule has 1 amide bonds. The lowest BCUT2D eigenvalue weighted by atomic mass is 10.2. The van der Waals surface area contributed by atoms with Crippen molar-refractivity contribution in [3.63, 3.8) is 0 Å². The molecule has 7 heteroatoms. The van der Waals surface area contributed by atoms with Gasteiger partial charge in [0.1, 0.15) is 0 Å². The van der Waals surface area contributed by atoms with Gasteiger partial charge in [-0.3, -0.25) is 4.79 Å². The molecule has 1 saturated carbocycles. The third-order valence-electron chi connectivity index (χ3n) is 3.29. The Morgan fingerprint density at radius 2 is 2.10 bits per heavy atom. The molecule has 21 heavy (non-hydrogen) atoms. The minimum atomic E-state index is -3.57. The predicted octanol–water partition coefficient (Wildman–Crippen LogP) is 0.487. The van der Waals surface area contributed by atoms with Crippen molar-refractivity contribution < 1.29 is 18.3 Å². The molecule has 0 atom stereocenters. The first-order chi connectivity index (χ1) is 10.0. The molecule has 116 valence electrons. The van der Waals surface area contributed by atoms with Gasteiger partial charge in [0.15, 0.2) is 0 Å². The second kappa shape index (κ2) is 7.02. The smallest absolute Gasteiger partial charge is 0.251 e. The number of carbonyl (C=O) groups excluding carboxylic acids is 1. The van der Waals surface area contributed by atoms with E-state index in [9.17, 15) is 13.2 Å². The lowest BCUT2D eigenvalue weighted by Gasteiger charge is -2.08. The molecule has 1 fully saturated rings. The maximum Gasteiger partial charge on any atom is 0.251 e. The third-order valence-corrected chi connectivity index (χ3v) is 4.71. The summed E-state index contributed by atoms with van der Waals surface area (Å²) in [7, 11) is -3.57. The van der Waals surface area contributed by atoms with Crippen LogP contribution in [0.3, 0.4) is 0 Å². The molecule has 1 aromatic rings. The van der Waals surface area contributed by atoms with Crippen molar-refractivity contribution in [2.24, 2.45) is 5.92 Å². The quantitative estimate of drug-likeness (QED) is 0.609. The summed E-state index contributed by atoms with van der Waals surface area (Å²) in [5.74, 6) is 0.104. The first-order valence-corrected chi connectivity index (χ1v) is 8.50. The minimum absolute atomic E-state index is 0.000213. The van der Waals surface area contributed by atoms with Crippen LogP contribution in [0, 0.1) is 5.92 Å². The highest BCUT2D eigenvalue weighted by molar-refractivity contribution is 7.89. The van der Waals surface area contributed by atoms with Crippen LogP contribution < -0.4 is 10.0 Å². The molecule has 0 saturated heterocycles. The van der Waals surface area contributed by atoms with Gasteiger partial charge in [0.2, 0.25) is 10.0 Å². The molecule has 1 aliphatic rings. The molecule has 1 aliphatic carbocycles. The summed E-state index contributed by atoms with van der Waals surface area (Å²) in [4.78, 5) is 12.0. The summed E-state index contributed by atoms with van der Waals surface area (Å²) < 4.78 is 26.8. The van der Waals surface area contributed by atoms with Crippen molar-refractivity contribution in [3.8, 4) is 0 Å². The monoisotopic (exact) mass is 312 g/mol. The van der Waals surface area contributed by atoms with Gasteiger partial charge in [0.25, 0.3) is 5.91 Å². The molecule has 0 spiro atoms. The fraction of sp³-hybridized carbons (Fsp3) is 0.500. The molecule has 0 aromatic heterocycles. The normalized spacial score (nSPS) is 14.9. The van der Waals surface area contributed by atoms with Gasteiger partial charge in [-0.25, -0.2) is 13.1 Å². The average Bonchev–Trinajstić information content (AvgIpc) is 3.30. The zero-order chi connectivity index (χ0) is 15.3. The Morgan fingerprint density at radius 1 is 1.33 bits per heavy atom. The molecule has 0 radical (unpaired) electrons. The van der Waals surface area contributed by atoms with Crippen LogP contribution in [0.4, 0.5) is 0 Å². The van der Waals surface area contributed by atoms with Crippen molar-refractivity contribution in [2.75, 3.05) is 19.7 Å². The van der Waals surface area contributed by atoms with Crippen LogP contribution in [0.2, 0.25) is 0 Å². The minimum Gasteiger partial charge on any atom is -0.396 e. The Kier molecular flexibility index (Phi) is 5.33. The molecule has 6 nitrogen and oxygen atoms in total. The fourth-order valence-corrected chi connectivity index (χ4v) is 2.98. The Bertz CT molecular complexity index is 597. The first kappa shape index (κ1) is 15.9. The standard InChI is InChI=1S/C14H20N2O4S/c17-8-2-7-15-14(18)12-3-1-4-13(9-12)21(19,20)16-10-11-5-6-11/h1,3-4,9,11,16-17H,2,5-8,10H2,(H,15,18). The molecular formula is C14H20N2O4S. The van der Waals surface area contributed by atoms with E-state index in [1.807, 2.05) is 0 Å². The highest BCUT2D eigenvalue weighted by Crippen LogP contribution is 2.28. The Labute approximate surface area is 124 Å². The maximum absolute atomic E-state index is 12.1. The van der Waals surface area contributed by atoms with Crippen molar-refractivity contribution in [1.29, 1.82) is 0 Å². The number of sulfonamides is 1. The molecule has 3 N–H and O–H groups in total. The van der Waals surface area contributed by atoms with Crippen molar-refractivity contribution >= 4 is 15.9 Å². The van der Waals surface area contributed by atoms with Crippen molar-refractivity contribution in [2.45, 2.75) is 24.2 Å². The zero-order valence-corrected chi connectivity index (χ0v) is 12.5. The fourth-order valence-electron chi connectivity index (χ4n) is 1.82. The number of nitrogens with one attached hydrogen (secondary N) is 2. The number of benzene rings is 1. The van der Waals surface area contributed by atoms with Gasteiger partial charge in [0, 0.05) is 25.3 Å². The van der Waals surface area contributed by atoms with E-state index in [0.717, 1.165) is 12.8 Å². The maximum atomic E-state index is 12.1. The van der Waals surface area contributed by atoms with Crippen LogP contribution in [-0.4, -0.2) is 39.1 Å². The van der Waals surface area contributed by atoms with Crippen LogP contribution in [0.25, 0.3) is 0 Å². The van der Waals surface area contributed by atoms with Crippen LogP contribution in [0.5, 0.6) is 0 Å². The van der Waals surface area contributed by atoms with E-state index in [1.54, 1.807) is 12.1 Å². The van der Waals surface area contributed by atoms with Gasteiger partial charge in [-0.15, -0.1) is 0 Å². The second-order valence-corrected chi connectivity index (χ2v) is 6.92. The Morgan fingerprint density at radius 3 is 2.76 bits per heavy atom. The lowest BCUT2D eigenvalue weighted by Crippen LogP contribution is -2.27. The van der Waals surface area contributed by atoms with Crippen LogP contribution >= 0.6 is 0 Å². The number of carbonyl (C=O) groups is 1. The molecular weight excluding hydrogens is 292 g/mol. The van der Waals surface area contributed by atoms with Crippen LogP contribution in [0.1, 0.15) is 29.6 Å². The van der Waals surface area contributed by atoms with E-state index >= 15 is 0 Å². The SMILES string of the molecule is O=C(NCCCO)c1cccc(S(=O)(=O)NCC2CC2)c1. The Hall–Kier alpha value is -1.44. The van der Waals surface area contributed by atoms with Gasteiger partial charge >= 0.3 is 0 Å². The van der Waals surface area contributed by atoms with Crippen LogP contribution in [-0.2, 0) is 10.0 Å². The highest BCUT2D eigenvalue weighted by atomic mass is 32.2. The van der Waals surface area contributed by atoms with Gasteiger partial charge in [-0.05, 0) is 43.4 Å². The predicted molar refractivity (Wildman–Crippen MR) is 78.4 cm³/mol. The van der Waals surface area contributed by atoms with E-state index in [4.69, 9.17) is 5.11 Å². The number of aliphatic hydroxyl groups excluding tert-OH is 1. The Balaban J connectivity index is 2.03. The number of aliphatic hydroxyl groups is 1.